The Kier molecular flexibility index (Phi) is 18.6. The average molecular weight is 1080 g/mol. The van der Waals surface area contributed by atoms with E-state index >= 15 is 0 Å². The summed E-state index contributed by atoms with van der Waals surface area (Å²) in [5, 5.41) is 14.5. The van der Waals surface area contributed by atoms with E-state index in [1.54, 1.807) is 45.2 Å². The second-order valence-corrected chi connectivity index (χ2v) is 21.7. The predicted molar refractivity (Wildman–Crippen MR) is 265 cm³/mol. The molecule has 1 aromatic rings. The third-order valence-electron chi connectivity index (χ3n) is 14.7. The monoisotopic (exact) mass is 1070 g/mol. The molecule has 5 fully saturated rings. The first-order valence-corrected chi connectivity index (χ1v) is 26.4. The first-order chi connectivity index (χ1) is 35.2. The summed E-state index contributed by atoms with van der Waals surface area (Å²) in [5.74, 6) is -3.74. The number of alkyl carbamates (subject to hydrolysis) is 1. The Labute approximate surface area is 439 Å². The van der Waals surface area contributed by atoms with E-state index in [-0.39, 0.29) is 81.2 Å². The maximum Gasteiger partial charge on any atom is 0.409 e. The molecular weight excluding hydrogens is 1010 g/mol. The number of esters is 1. The van der Waals surface area contributed by atoms with E-state index in [1.807, 2.05) is 13.0 Å². The summed E-state index contributed by atoms with van der Waals surface area (Å²) in [5.41, 5.74) is -1.06. The number of nitrogens with one attached hydrogen (secondary N) is 1. The summed E-state index contributed by atoms with van der Waals surface area (Å²) in [6.45, 7) is 7.47. The van der Waals surface area contributed by atoms with Crippen molar-refractivity contribution in [3.05, 3.63) is 46.5 Å². The molecule has 0 aromatic heterocycles. The molecular formula is C51H67ClN4O17S. The van der Waals surface area contributed by atoms with E-state index < -0.39 is 94.7 Å². The molecule has 7 rings (SSSR count). The van der Waals surface area contributed by atoms with Crippen molar-refractivity contribution in [2.75, 3.05) is 58.3 Å². The topological polar surface area (TPSA) is 256 Å². The highest BCUT2D eigenvalue weighted by atomic mass is 35.5. The highest BCUT2D eigenvalue weighted by Crippen LogP contribution is 2.49. The van der Waals surface area contributed by atoms with E-state index in [2.05, 4.69) is 5.32 Å². The van der Waals surface area contributed by atoms with Gasteiger partial charge in [-0.2, -0.15) is 0 Å². The van der Waals surface area contributed by atoms with Gasteiger partial charge in [0.25, 0.3) is 11.8 Å². The van der Waals surface area contributed by atoms with Crippen molar-refractivity contribution in [3.8, 4) is 5.75 Å². The minimum atomic E-state index is -1.86. The summed E-state index contributed by atoms with van der Waals surface area (Å²) < 4.78 is 40.9. The molecule has 2 N–H and O–H groups in total. The van der Waals surface area contributed by atoms with Crippen molar-refractivity contribution >= 4 is 76.6 Å². The molecule has 6 aliphatic rings. The number of rotatable bonds is 16. The Hall–Kier alpha value is -5.10. The Morgan fingerprint density at radius 2 is 1.70 bits per heavy atom. The van der Waals surface area contributed by atoms with E-state index in [1.165, 1.54) is 42.7 Å². The zero-order valence-corrected chi connectivity index (χ0v) is 44.4. The van der Waals surface area contributed by atoms with Crippen molar-refractivity contribution in [1.82, 2.24) is 15.3 Å². The number of hydroxylamine groups is 2. The zero-order chi connectivity index (χ0) is 53.6. The minimum absolute atomic E-state index is 0.00320. The Morgan fingerprint density at radius 3 is 2.39 bits per heavy atom. The molecule has 2 unspecified atom stereocenters. The quantitative estimate of drug-likeness (QED) is 0.101. The van der Waals surface area contributed by atoms with Gasteiger partial charge in [0.05, 0.1) is 56.3 Å². The smallest absolute Gasteiger partial charge is 0.409 e. The number of imide groups is 2. The number of carbonyl (C=O) groups excluding carboxylic acids is 8. The molecule has 5 aliphatic heterocycles. The molecule has 74 heavy (non-hydrogen) atoms. The highest BCUT2D eigenvalue weighted by molar-refractivity contribution is 8.00. The van der Waals surface area contributed by atoms with Crippen molar-refractivity contribution in [2.45, 2.75) is 139 Å². The van der Waals surface area contributed by atoms with Gasteiger partial charge >= 0.3 is 18.0 Å². The van der Waals surface area contributed by atoms with E-state index in [4.69, 9.17) is 49.6 Å². The highest BCUT2D eigenvalue weighted by Gasteiger charge is 2.64. The predicted octanol–water partition coefficient (Wildman–Crippen LogP) is 4.36. The third kappa shape index (κ3) is 13.1. The summed E-state index contributed by atoms with van der Waals surface area (Å²) in [6.07, 6.45) is 1.69. The zero-order valence-electron chi connectivity index (χ0n) is 42.8. The number of anilines is 1. The van der Waals surface area contributed by atoms with Crippen LogP contribution >= 0.6 is 23.4 Å². The van der Waals surface area contributed by atoms with Gasteiger partial charge in [-0.15, -0.1) is 16.8 Å². The lowest BCUT2D eigenvalue weighted by Crippen LogP contribution is -2.63. The van der Waals surface area contributed by atoms with E-state index in [9.17, 15) is 43.5 Å². The Balaban J connectivity index is 0.910. The number of benzene rings is 1. The van der Waals surface area contributed by atoms with Crippen LogP contribution in [0.3, 0.4) is 0 Å². The van der Waals surface area contributed by atoms with Crippen molar-refractivity contribution in [2.24, 2.45) is 17.8 Å². The standard InChI is InChI=1S/C51H67ClN4O17S/c1-28-9-8-10-38(67-7)51(65)26-36(70-49(64)53-51)29(2)45-50(4,72-45)39(25-42(59)54(5)34-22-32(21-28)23-35(66-6)44(34)52)71-47(62)30(3)69-18-17-68-19-20-74-37-24-43(60)55(46(37)61)27-31-11-13-33(14-12-31)48(63)73-56-40(57)15-16-41(56)58/h8-10,22-23,29-31,33,36-39,45,65H,11-21,24-27H2,1-7H3,(H,53,64)/b10-8+,28-9+/t29-,30+,31?,33?,36?,37?,38-,39+,45+,50+,51+/m1/s1. The van der Waals surface area contributed by atoms with Crippen LogP contribution in [0.2, 0.25) is 5.02 Å². The number of hydrogen-bond acceptors (Lipinski definition) is 18. The number of hydrogen-bond donors (Lipinski definition) is 2. The van der Waals surface area contributed by atoms with Crippen LogP contribution < -0.4 is 15.0 Å². The lowest BCUT2D eigenvalue weighted by molar-refractivity contribution is -0.201. The van der Waals surface area contributed by atoms with Gasteiger partial charge in [-0.1, -0.05) is 42.3 Å². The lowest BCUT2D eigenvalue weighted by atomic mass is 9.82. The van der Waals surface area contributed by atoms with Crippen LogP contribution in [0.1, 0.15) is 91.0 Å². The first kappa shape index (κ1) is 56.6. The molecule has 5 heterocycles. The number of likely N-dealkylation sites (tertiary alicyclic amines) is 1. The Bertz CT molecular complexity index is 2380. The lowest BCUT2D eigenvalue weighted by Gasteiger charge is -2.42. The number of halogens is 1. The summed E-state index contributed by atoms with van der Waals surface area (Å²) in [4.78, 5) is 111. The fourth-order valence-electron chi connectivity index (χ4n) is 10.2. The summed E-state index contributed by atoms with van der Waals surface area (Å²) >= 11 is 8.11. The molecule has 23 heteroatoms. The number of carbonyl (C=O) groups is 8. The maximum atomic E-state index is 14.3. The fourth-order valence-corrected chi connectivity index (χ4v) is 11.5. The van der Waals surface area contributed by atoms with Gasteiger partial charge in [0, 0.05) is 58.1 Å². The van der Waals surface area contributed by atoms with Crippen LogP contribution in [-0.4, -0.2) is 163 Å². The number of epoxide rings is 1. The van der Waals surface area contributed by atoms with Gasteiger partial charge in [0.2, 0.25) is 17.7 Å². The molecule has 1 aromatic carbocycles. The van der Waals surface area contributed by atoms with Crippen LogP contribution in [0.25, 0.3) is 0 Å². The number of aliphatic hydroxyl groups is 1. The molecule has 0 radical (unpaired) electrons. The van der Waals surface area contributed by atoms with Gasteiger partial charge in [-0.3, -0.25) is 34.2 Å². The molecule has 4 bridgehead atoms. The molecule has 1 aliphatic carbocycles. The number of methoxy groups -OCH3 is 2. The summed E-state index contributed by atoms with van der Waals surface area (Å²) in [6, 6.07) is 3.56. The average Bonchev–Trinajstić information content (AvgIpc) is 3.87. The van der Waals surface area contributed by atoms with Crippen molar-refractivity contribution in [1.29, 1.82) is 0 Å². The first-order valence-electron chi connectivity index (χ1n) is 25.0. The van der Waals surface area contributed by atoms with Crippen LogP contribution in [0.15, 0.2) is 35.9 Å². The molecule has 21 nitrogen and oxygen atoms in total. The molecule has 406 valence electrons. The van der Waals surface area contributed by atoms with Crippen molar-refractivity contribution in [3.63, 3.8) is 0 Å². The third-order valence-corrected chi connectivity index (χ3v) is 16.2. The number of nitrogens with zero attached hydrogens (tertiary/aromatic N) is 3. The summed E-state index contributed by atoms with van der Waals surface area (Å²) in [7, 11) is 4.46. The normalized spacial score (nSPS) is 32.3. The second kappa shape index (κ2) is 24.3. The SMILES string of the molecule is COc1cc2cc(c1Cl)N(C)C(=O)C[C@H](OC(=O)[C@H](C)OCCOCCSC1CC(=O)N(CC3CCC(C(=O)ON4C(=O)CCC4=O)CC3)C1=O)[C@]1(C)O[C@H]1[C@H](C)C1C[C@@](O)(NC(=O)O1)[C@H](OC)/C=C/C=C(\C)C2. The van der Waals surface area contributed by atoms with Gasteiger partial charge < -0.3 is 48.0 Å². The minimum Gasteiger partial charge on any atom is -0.495 e. The molecule has 1 saturated carbocycles. The van der Waals surface area contributed by atoms with Gasteiger partial charge in [0.1, 0.15) is 34.7 Å². The maximum absolute atomic E-state index is 14.3. The number of fused-ring (bicyclic) bond motifs is 5. The number of ether oxygens (including phenoxy) is 7. The van der Waals surface area contributed by atoms with E-state index in [0.717, 1.165) is 11.1 Å². The van der Waals surface area contributed by atoms with Crippen LogP contribution in [0.5, 0.6) is 5.75 Å². The van der Waals surface area contributed by atoms with Crippen LogP contribution in [-0.2, 0) is 73.2 Å². The number of allylic oxidation sites excluding steroid dienone is 3. The van der Waals surface area contributed by atoms with Gasteiger partial charge in [-0.25, -0.2) is 14.4 Å². The Morgan fingerprint density at radius 1 is 0.986 bits per heavy atom. The van der Waals surface area contributed by atoms with Crippen LogP contribution in [0.4, 0.5) is 10.5 Å². The second-order valence-electron chi connectivity index (χ2n) is 20.0. The largest absolute Gasteiger partial charge is 0.495 e. The molecule has 4 saturated heterocycles. The molecule has 6 amide bonds. The number of amides is 6. The van der Waals surface area contributed by atoms with Crippen LogP contribution in [0, 0.1) is 17.8 Å². The van der Waals surface area contributed by atoms with E-state index in [0.29, 0.717) is 54.4 Å². The molecule has 9 atom stereocenters. The van der Waals surface area contributed by atoms with Gasteiger partial charge in [-0.05, 0) is 76.5 Å². The van der Waals surface area contributed by atoms with Gasteiger partial charge in [0.15, 0.2) is 11.8 Å². The van der Waals surface area contributed by atoms with Crippen molar-refractivity contribution < 1.29 is 81.5 Å². The fraction of sp³-hybridized carbons (Fsp3) is 0.647. The number of thioether (sulfide) groups is 1. The molecule has 0 spiro atoms.